The quantitative estimate of drug-likeness (QED) is 0.877. The Morgan fingerprint density at radius 1 is 1.28 bits per heavy atom. The molecule has 2 heterocycles. The maximum absolute atomic E-state index is 12.2. The Morgan fingerprint density at radius 3 is 2.40 bits per heavy atom. The van der Waals surface area contributed by atoms with Crippen molar-refractivity contribution in [2.24, 2.45) is 0 Å². The average Bonchev–Trinajstić information content (AvgIpc) is 2.84. The molecule has 2 aromatic heterocycles. The van der Waals surface area contributed by atoms with Crippen molar-refractivity contribution in [2.45, 2.75) is 60.0 Å². The average molecular weight is 347 g/mol. The van der Waals surface area contributed by atoms with Crippen molar-refractivity contribution in [3.63, 3.8) is 0 Å². The number of nitrogens with one attached hydrogen (secondary N) is 1. The molecule has 0 saturated heterocycles. The van der Waals surface area contributed by atoms with Gasteiger partial charge in [-0.15, -0.1) is 0 Å². The topological polar surface area (TPSA) is 92.9 Å². The highest BCUT2D eigenvalue weighted by atomic mass is 16.6. The van der Waals surface area contributed by atoms with Crippen LogP contribution < -0.4 is 5.32 Å². The van der Waals surface area contributed by atoms with Gasteiger partial charge in [-0.25, -0.2) is 14.1 Å². The summed E-state index contributed by atoms with van der Waals surface area (Å²) in [6.07, 6.45) is 2.22. The lowest BCUT2D eigenvalue weighted by Crippen LogP contribution is -2.28. The second-order valence-electron chi connectivity index (χ2n) is 6.92. The molecule has 2 N–H and O–H groups in total. The van der Waals surface area contributed by atoms with Crippen LogP contribution in [0.5, 0.6) is 0 Å². The Kier molecular flexibility index (Phi) is 5.06. The standard InChI is InChI=1S/C18H25N3O4/c1-7-11-14(19-17(24)25-18(4,5)6)10(3)9-21-15(11)13(16(22)23)12(8-2)20-21/h9H,7-8H2,1-6H3,(H,19,24)(H,22,23). The Balaban J connectivity index is 2.65. The minimum absolute atomic E-state index is 0.187. The van der Waals surface area contributed by atoms with E-state index in [0.29, 0.717) is 29.7 Å². The zero-order valence-electron chi connectivity index (χ0n) is 15.6. The first-order chi connectivity index (χ1) is 11.6. The molecule has 2 aromatic rings. The molecule has 0 atom stereocenters. The normalized spacial score (nSPS) is 11.6. The highest BCUT2D eigenvalue weighted by Crippen LogP contribution is 2.30. The van der Waals surface area contributed by atoms with E-state index in [0.717, 1.165) is 11.1 Å². The first-order valence-electron chi connectivity index (χ1n) is 8.36. The van der Waals surface area contributed by atoms with Gasteiger partial charge in [0.05, 0.1) is 16.9 Å². The van der Waals surface area contributed by atoms with Crippen molar-refractivity contribution >= 4 is 23.3 Å². The maximum atomic E-state index is 12.2. The van der Waals surface area contributed by atoms with Crippen LogP contribution in [0.2, 0.25) is 0 Å². The van der Waals surface area contributed by atoms with Gasteiger partial charge in [-0.3, -0.25) is 5.32 Å². The Labute approximate surface area is 147 Å². The number of hydrogen-bond donors (Lipinski definition) is 2. The van der Waals surface area contributed by atoms with Gasteiger partial charge in [0.15, 0.2) is 0 Å². The van der Waals surface area contributed by atoms with Gasteiger partial charge in [-0.2, -0.15) is 5.10 Å². The number of aromatic carboxylic acids is 1. The predicted octanol–water partition coefficient (Wildman–Crippen LogP) is 3.81. The molecule has 0 unspecified atom stereocenters. The lowest BCUT2D eigenvalue weighted by atomic mass is 10.0. The molecule has 0 fully saturated rings. The van der Waals surface area contributed by atoms with Crippen LogP contribution in [-0.2, 0) is 17.6 Å². The molecular formula is C18H25N3O4. The highest BCUT2D eigenvalue weighted by molar-refractivity contribution is 6.00. The third-order valence-electron chi connectivity index (χ3n) is 3.81. The van der Waals surface area contributed by atoms with Crippen LogP contribution >= 0.6 is 0 Å². The lowest BCUT2D eigenvalue weighted by Gasteiger charge is -2.21. The number of anilines is 1. The Hall–Kier alpha value is -2.57. The van der Waals surface area contributed by atoms with E-state index >= 15 is 0 Å². The van der Waals surface area contributed by atoms with Crippen molar-refractivity contribution in [1.82, 2.24) is 9.61 Å². The van der Waals surface area contributed by atoms with E-state index in [9.17, 15) is 14.7 Å². The van der Waals surface area contributed by atoms with Crippen molar-refractivity contribution < 1.29 is 19.4 Å². The fourth-order valence-corrected chi connectivity index (χ4v) is 2.86. The molecule has 25 heavy (non-hydrogen) atoms. The molecule has 0 spiro atoms. The Morgan fingerprint density at radius 2 is 1.92 bits per heavy atom. The third-order valence-corrected chi connectivity index (χ3v) is 3.81. The summed E-state index contributed by atoms with van der Waals surface area (Å²) >= 11 is 0. The number of nitrogens with zero attached hydrogens (tertiary/aromatic N) is 2. The molecule has 0 saturated carbocycles. The molecule has 2 rings (SSSR count). The van der Waals surface area contributed by atoms with Crippen LogP contribution in [0.4, 0.5) is 10.5 Å². The first kappa shape index (κ1) is 18.8. The largest absolute Gasteiger partial charge is 0.478 e. The number of pyridine rings is 1. The van der Waals surface area contributed by atoms with Gasteiger partial charge in [-0.1, -0.05) is 13.8 Å². The van der Waals surface area contributed by atoms with Gasteiger partial charge < -0.3 is 9.84 Å². The van der Waals surface area contributed by atoms with E-state index in [1.165, 1.54) is 0 Å². The van der Waals surface area contributed by atoms with Crippen LogP contribution in [0.3, 0.4) is 0 Å². The number of carboxylic acids is 1. The third kappa shape index (κ3) is 3.75. The van der Waals surface area contributed by atoms with Crippen molar-refractivity contribution in [2.75, 3.05) is 5.32 Å². The van der Waals surface area contributed by atoms with E-state index < -0.39 is 17.7 Å². The lowest BCUT2D eigenvalue weighted by molar-refractivity contribution is 0.0634. The fraction of sp³-hybridized carbons (Fsp3) is 0.500. The predicted molar refractivity (Wildman–Crippen MR) is 95.5 cm³/mol. The summed E-state index contributed by atoms with van der Waals surface area (Å²) < 4.78 is 6.92. The van der Waals surface area contributed by atoms with E-state index in [1.54, 1.807) is 31.5 Å². The summed E-state index contributed by atoms with van der Waals surface area (Å²) in [5, 5.41) is 16.8. The number of fused-ring (bicyclic) bond motifs is 1. The van der Waals surface area contributed by atoms with Gasteiger partial charge in [0, 0.05) is 11.8 Å². The monoisotopic (exact) mass is 347 g/mol. The molecule has 0 bridgehead atoms. The fourth-order valence-electron chi connectivity index (χ4n) is 2.86. The van der Waals surface area contributed by atoms with Gasteiger partial charge in [0.1, 0.15) is 11.2 Å². The molecule has 7 heteroatoms. The van der Waals surface area contributed by atoms with Crippen LogP contribution in [0.25, 0.3) is 5.52 Å². The molecule has 1 amide bonds. The number of carboxylic acid groups (broad SMARTS) is 1. The van der Waals surface area contributed by atoms with Crippen LogP contribution in [-0.4, -0.2) is 32.4 Å². The summed E-state index contributed by atoms with van der Waals surface area (Å²) in [4.78, 5) is 24.0. The van der Waals surface area contributed by atoms with Crippen molar-refractivity contribution in [3.8, 4) is 0 Å². The number of aromatic nitrogens is 2. The highest BCUT2D eigenvalue weighted by Gasteiger charge is 2.24. The zero-order chi connectivity index (χ0) is 18.9. The van der Waals surface area contributed by atoms with Gasteiger partial charge in [0.2, 0.25) is 0 Å². The van der Waals surface area contributed by atoms with E-state index in [1.807, 2.05) is 20.8 Å². The molecule has 136 valence electrons. The molecule has 0 aliphatic heterocycles. The number of rotatable bonds is 4. The minimum Gasteiger partial charge on any atom is -0.478 e. The number of amides is 1. The van der Waals surface area contributed by atoms with Crippen LogP contribution in [0.15, 0.2) is 6.20 Å². The maximum Gasteiger partial charge on any atom is 0.412 e. The second kappa shape index (κ2) is 6.74. The summed E-state index contributed by atoms with van der Waals surface area (Å²) in [6, 6.07) is 0. The summed E-state index contributed by atoms with van der Waals surface area (Å²) in [7, 11) is 0. The van der Waals surface area contributed by atoms with E-state index in [4.69, 9.17) is 4.74 Å². The van der Waals surface area contributed by atoms with E-state index in [2.05, 4.69) is 10.4 Å². The zero-order valence-corrected chi connectivity index (χ0v) is 15.6. The minimum atomic E-state index is -1.02. The van der Waals surface area contributed by atoms with Crippen molar-refractivity contribution in [1.29, 1.82) is 0 Å². The molecule has 7 nitrogen and oxygen atoms in total. The van der Waals surface area contributed by atoms with Gasteiger partial charge in [-0.05, 0) is 46.1 Å². The second-order valence-corrected chi connectivity index (χ2v) is 6.92. The van der Waals surface area contributed by atoms with Gasteiger partial charge >= 0.3 is 12.1 Å². The summed E-state index contributed by atoms with van der Waals surface area (Å²) in [6.45, 7) is 11.0. The molecule has 0 aromatic carbocycles. The number of hydrogen-bond acceptors (Lipinski definition) is 4. The van der Waals surface area contributed by atoms with Crippen LogP contribution in [0.1, 0.15) is 61.8 Å². The number of aryl methyl sites for hydroxylation is 3. The summed E-state index contributed by atoms with van der Waals surface area (Å²) in [5.74, 6) is -1.02. The smallest absolute Gasteiger partial charge is 0.412 e. The van der Waals surface area contributed by atoms with Crippen LogP contribution in [0, 0.1) is 6.92 Å². The molecular weight excluding hydrogens is 322 g/mol. The van der Waals surface area contributed by atoms with Gasteiger partial charge in [0.25, 0.3) is 0 Å². The number of ether oxygens (including phenoxy) is 1. The summed E-state index contributed by atoms with van der Waals surface area (Å²) in [5.41, 5.74) is 2.71. The number of carbonyl (C=O) groups is 2. The number of carbonyl (C=O) groups excluding carboxylic acids is 1. The Bertz CT molecular complexity index is 831. The van der Waals surface area contributed by atoms with E-state index in [-0.39, 0.29) is 5.56 Å². The molecule has 0 aliphatic carbocycles. The molecule has 0 aliphatic rings. The first-order valence-corrected chi connectivity index (χ1v) is 8.36. The SMILES string of the molecule is CCc1nn2cc(C)c(NC(=O)OC(C)(C)C)c(CC)c2c1C(=O)O. The van der Waals surface area contributed by atoms with Crippen molar-refractivity contribution in [3.05, 3.63) is 28.6 Å². The molecule has 0 radical (unpaired) electrons.